The van der Waals surface area contributed by atoms with Gasteiger partial charge < -0.3 is 0 Å². The zero-order valence-corrected chi connectivity index (χ0v) is 25.5. The Morgan fingerprint density at radius 2 is 0.550 bits per heavy atom. The summed E-state index contributed by atoms with van der Waals surface area (Å²) in [5, 5.41) is 0. The molecule has 0 saturated heterocycles. The van der Waals surface area contributed by atoms with E-state index in [1.165, 1.54) is 66.4 Å². The first-order valence-corrected chi connectivity index (χ1v) is 14.4. The molecule has 5 aromatic rings. The Bertz CT molecular complexity index is 1290. The monoisotopic (exact) mass is 522 g/mol. The van der Waals surface area contributed by atoms with Crippen molar-refractivity contribution in [2.24, 2.45) is 0 Å². The van der Waals surface area contributed by atoms with E-state index < -0.39 is 6.15 Å². The average molecular weight is 523 g/mol. The summed E-state index contributed by atoms with van der Waals surface area (Å²) in [4.78, 5) is 0. The van der Waals surface area contributed by atoms with Gasteiger partial charge in [0.05, 0.1) is 0 Å². The fourth-order valence-electron chi connectivity index (χ4n) is 6.64. The minimum atomic E-state index is -1.37. The molecule has 0 amide bonds. The van der Waals surface area contributed by atoms with E-state index in [1.807, 2.05) is 42.5 Å². The first-order chi connectivity index (χ1) is 19.1. The molecule has 40 heavy (non-hydrogen) atoms. The predicted octanol–water partition coefficient (Wildman–Crippen LogP) is 7.50. The van der Waals surface area contributed by atoms with Crippen LogP contribution in [0.5, 0.6) is 0 Å². The summed E-state index contributed by atoms with van der Waals surface area (Å²) in [6.07, 6.45) is -1.37. The molecule has 0 aliphatic rings. The molecule has 0 nitrogen and oxygen atoms in total. The molecule has 0 aliphatic carbocycles. The number of hydrogen-bond acceptors (Lipinski definition) is 0. The summed E-state index contributed by atoms with van der Waals surface area (Å²) >= 11 is 0. The highest BCUT2D eigenvalue weighted by molar-refractivity contribution is 7.20. The average Bonchev–Trinajstić information content (AvgIpc) is 3.16. The summed E-state index contributed by atoms with van der Waals surface area (Å²) in [5.74, 6) is 0. The molecular formula is C39H43B. The van der Waals surface area contributed by atoms with Crippen LogP contribution < -0.4 is 21.9 Å². The van der Waals surface area contributed by atoms with Gasteiger partial charge in [0.15, 0.2) is 0 Å². The quantitative estimate of drug-likeness (QED) is 0.169. The molecule has 0 radical (unpaired) electrons. The summed E-state index contributed by atoms with van der Waals surface area (Å²) in [6.45, 7) is 17.8. The van der Waals surface area contributed by atoms with Gasteiger partial charge in [0.25, 0.3) is 0 Å². The van der Waals surface area contributed by atoms with E-state index in [2.05, 4.69) is 128 Å². The minimum absolute atomic E-state index is 1.31. The van der Waals surface area contributed by atoms with Crippen molar-refractivity contribution in [2.75, 3.05) is 0 Å². The Hall–Kier alpha value is -3.97. The fraction of sp³-hybridized carbons (Fsp3) is 0.205. The van der Waals surface area contributed by atoms with Crippen LogP contribution in [0.25, 0.3) is 0 Å². The van der Waals surface area contributed by atoms with Gasteiger partial charge in [-0.2, -0.15) is 21.9 Å². The van der Waals surface area contributed by atoms with E-state index >= 15 is 0 Å². The normalized spacial score (nSPS) is 11.0. The van der Waals surface area contributed by atoms with Crippen molar-refractivity contribution in [3.63, 3.8) is 0 Å². The maximum Gasteiger partial charge on any atom is 0.108 e. The number of rotatable bonds is 4. The second-order valence-corrected chi connectivity index (χ2v) is 11.9. The molecule has 0 heterocycles. The van der Waals surface area contributed by atoms with E-state index in [-0.39, 0.29) is 0 Å². The Morgan fingerprint density at radius 1 is 0.325 bits per heavy atom. The first-order valence-electron chi connectivity index (χ1n) is 14.4. The van der Waals surface area contributed by atoms with Gasteiger partial charge in [0.2, 0.25) is 0 Å². The van der Waals surface area contributed by atoms with Crippen molar-refractivity contribution in [1.29, 1.82) is 0 Å². The van der Waals surface area contributed by atoms with Crippen molar-refractivity contribution in [3.8, 4) is 0 Å². The molecule has 5 aromatic carbocycles. The zero-order valence-electron chi connectivity index (χ0n) is 25.5. The third-order valence-electron chi connectivity index (χ3n) is 7.75. The molecule has 0 spiro atoms. The first kappa shape index (κ1) is 29.0. The summed E-state index contributed by atoms with van der Waals surface area (Å²) in [6, 6.07) is 42.5. The van der Waals surface area contributed by atoms with Gasteiger partial charge in [-0.3, -0.25) is 0 Å². The predicted molar refractivity (Wildman–Crippen MR) is 179 cm³/mol. The Morgan fingerprint density at radius 3 is 0.775 bits per heavy atom. The SMILES string of the molecule is Cc1cc(C)cc([B-](c2cc(C)cc(C)c2)(c2cc(C)cc(C)c2)c2cc(C)cc(C)c2)c1.c1ccc[cH+]cc1. The topological polar surface area (TPSA) is 0 Å². The Labute approximate surface area is 242 Å². The van der Waals surface area contributed by atoms with E-state index in [0.29, 0.717) is 0 Å². The molecule has 0 aliphatic heterocycles. The minimum Gasteiger partial charge on any atom is -0.195 e. The van der Waals surface area contributed by atoms with Crippen LogP contribution in [0.15, 0.2) is 115 Å². The van der Waals surface area contributed by atoms with Crippen LogP contribution in [0, 0.1) is 55.4 Å². The second-order valence-electron chi connectivity index (χ2n) is 11.9. The highest BCUT2D eigenvalue weighted by Crippen LogP contribution is 2.17. The van der Waals surface area contributed by atoms with E-state index in [1.54, 1.807) is 0 Å². The van der Waals surface area contributed by atoms with Crippen LogP contribution in [-0.4, -0.2) is 6.15 Å². The summed E-state index contributed by atoms with van der Waals surface area (Å²) < 4.78 is 0. The van der Waals surface area contributed by atoms with Gasteiger partial charge in [-0.1, -0.05) is 117 Å². The van der Waals surface area contributed by atoms with Crippen molar-refractivity contribution < 1.29 is 0 Å². The summed E-state index contributed by atoms with van der Waals surface area (Å²) in [7, 11) is 0. The number of aryl methyl sites for hydroxylation is 8. The van der Waals surface area contributed by atoms with Gasteiger partial charge in [0.1, 0.15) is 6.15 Å². The van der Waals surface area contributed by atoms with Crippen molar-refractivity contribution in [1.82, 2.24) is 0 Å². The lowest BCUT2D eigenvalue weighted by Crippen LogP contribution is -2.75. The van der Waals surface area contributed by atoms with E-state index in [0.717, 1.165) is 0 Å². The van der Waals surface area contributed by atoms with Gasteiger partial charge >= 0.3 is 0 Å². The molecule has 0 fully saturated rings. The van der Waals surface area contributed by atoms with Gasteiger partial charge in [0, 0.05) is 42.5 Å². The molecule has 1 heteroatoms. The lowest BCUT2D eigenvalue weighted by atomic mass is 9.12. The second kappa shape index (κ2) is 12.5. The number of benzene rings is 4. The molecule has 0 atom stereocenters. The van der Waals surface area contributed by atoms with E-state index in [9.17, 15) is 0 Å². The number of hydrogen-bond donors (Lipinski definition) is 0. The van der Waals surface area contributed by atoms with Crippen LogP contribution >= 0.6 is 0 Å². The smallest absolute Gasteiger partial charge is 0.108 e. The van der Waals surface area contributed by atoms with Crippen LogP contribution in [0.4, 0.5) is 0 Å². The van der Waals surface area contributed by atoms with Crippen molar-refractivity contribution in [2.45, 2.75) is 55.4 Å². The maximum atomic E-state index is 2.42. The highest BCUT2D eigenvalue weighted by atomic mass is 14.2. The van der Waals surface area contributed by atoms with E-state index in [4.69, 9.17) is 0 Å². The lowest BCUT2D eigenvalue weighted by molar-refractivity contribution is 1.37. The molecule has 5 rings (SSSR count). The fourth-order valence-corrected chi connectivity index (χ4v) is 6.64. The van der Waals surface area contributed by atoms with Crippen LogP contribution in [0.1, 0.15) is 44.5 Å². The molecule has 0 N–H and O–H groups in total. The summed E-state index contributed by atoms with van der Waals surface area (Å²) in [5.41, 5.74) is 16.1. The molecular weight excluding hydrogens is 479 g/mol. The largest absolute Gasteiger partial charge is 0.195 e. The lowest BCUT2D eigenvalue weighted by Gasteiger charge is -2.46. The Kier molecular flexibility index (Phi) is 9.05. The zero-order chi connectivity index (χ0) is 28.9. The van der Waals surface area contributed by atoms with Gasteiger partial charge in [-0.25, -0.2) is 0 Å². The third kappa shape index (κ3) is 6.60. The molecule has 0 aromatic heterocycles. The van der Waals surface area contributed by atoms with Crippen molar-refractivity contribution >= 4 is 28.0 Å². The van der Waals surface area contributed by atoms with Crippen LogP contribution in [0.2, 0.25) is 0 Å². The molecule has 0 bridgehead atoms. The molecule has 0 saturated carbocycles. The van der Waals surface area contributed by atoms with Gasteiger partial charge in [-0.05, 0) is 55.4 Å². The van der Waals surface area contributed by atoms with Crippen LogP contribution in [0.3, 0.4) is 0 Å². The molecule has 0 unspecified atom stereocenters. The standard InChI is InChI=1S/C32H36B.C7H7/c1-21-9-22(2)14-29(13-21)33(30-15-23(3)10-24(4)16-30,31-17-25(5)11-26(6)18-31)32-19-27(7)12-28(8)20-32;1-2-4-6-7-5-3-1/h9-20H,1-8H3;1-7H/q-1;+1. The van der Waals surface area contributed by atoms with Crippen molar-refractivity contribution in [3.05, 3.63) is 160 Å². The Balaban J connectivity index is 0.000000461. The maximum absolute atomic E-state index is 2.42. The highest BCUT2D eigenvalue weighted by Gasteiger charge is 2.33. The third-order valence-corrected chi connectivity index (χ3v) is 7.75. The molecule has 202 valence electrons. The van der Waals surface area contributed by atoms with Crippen LogP contribution in [-0.2, 0) is 0 Å². The van der Waals surface area contributed by atoms with Gasteiger partial charge in [-0.15, -0.1) is 0 Å².